The molecule has 0 bridgehead atoms. The molecule has 1 amide bonds. The van der Waals surface area contributed by atoms with Crippen LogP contribution in [-0.2, 0) is 9.53 Å². The molecule has 2 atom stereocenters. The lowest BCUT2D eigenvalue weighted by molar-refractivity contribution is -0.148. The van der Waals surface area contributed by atoms with Crippen LogP contribution in [0.15, 0.2) is 0 Å². The molecule has 1 heterocycles. The smallest absolute Gasteiger partial charge is 0.410 e. The van der Waals surface area contributed by atoms with Gasteiger partial charge in [-0.3, -0.25) is 4.79 Å². The second-order valence-electron chi connectivity index (χ2n) is 6.20. The number of likely N-dealkylation sites (tertiary alicyclic amines) is 1. The largest absolute Gasteiger partial charge is 0.481 e. The minimum Gasteiger partial charge on any atom is -0.481 e. The van der Waals surface area contributed by atoms with Gasteiger partial charge in [0.05, 0.1) is 5.92 Å². The molecule has 0 aliphatic carbocycles. The van der Waals surface area contributed by atoms with Gasteiger partial charge in [-0.05, 0) is 32.6 Å². The Balaban J connectivity index is 2.68. The van der Waals surface area contributed by atoms with Crippen molar-refractivity contribution in [3.63, 3.8) is 0 Å². The molecule has 1 N–H and O–H groups in total. The van der Waals surface area contributed by atoms with Gasteiger partial charge in [0.25, 0.3) is 0 Å². The number of aliphatic carboxylic acids is 1. The molecule has 0 aromatic rings. The van der Waals surface area contributed by atoms with Crippen LogP contribution in [-0.4, -0.2) is 40.8 Å². The van der Waals surface area contributed by atoms with Gasteiger partial charge in [-0.25, -0.2) is 4.79 Å². The molecule has 1 saturated heterocycles. The van der Waals surface area contributed by atoms with Crippen LogP contribution < -0.4 is 0 Å². The van der Waals surface area contributed by atoms with Crippen LogP contribution >= 0.6 is 0 Å². The van der Waals surface area contributed by atoms with E-state index in [1.807, 2.05) is 34.6 Å². The molecule has 0 unspecified atom stereocenters. The predicted molar refractivity (Wildman–Crippen MR) is 67.3 cm³/mol. The van der Waals surface area contributed by atoms with E-state index in [1.165, 1.54) is 0 Å². The maximum Gasteiger partial charge on any atom is 0.410 e. The van der Waals surface area contributed by atoms with Crippen LogP contribution in [0.25, 0.3) is 0 Å². The van der Waals surface area contributed by atoms with E-state index < -0.39 is 11.6 Å². The molecule has 5 heteroatoms. The molecule has 0 radical (unpaired) electrons. The molecule has 18 heavy (non-hydrogen) atoms. The summed E-state index contributed by atoms with van der Waals surface area (Å²) < 4.78 is 5.31. The van der Waals surface area contributed by atoms with Crippen molar-refractivity contribution < 1.29 is 19.4 Å². The average Bonchev–Trinajstić information content (AvgIpc) is 2.12. The predicted octanol–water partition coefficient (Wildman–Crippen LogP) is 2.21. The van der Waals surface area contributed by atoms with Crippen LogP contribution in [0.3, 0.4) is 0 Å². The normalized spacial score (nSPS) is 25.9. The van der Waals surface area contributed by atoms with E-state index in [0.717, 1.165) is 0 Å². The summed E-state index contributed by atoms with van der Waals surface area (Å²) in [5, 5.41) is 9.16. The summed E-state index contributed by atoms with van der Waals surface area (Å²) in [6, 6.07) is 0. The number of carboxylic acid groups (broad SMARTS) is 1. The van der Waals surface area contributed by atoms with Gasteiger partial charge in [0.2, 0.25) is 0 Å². The Labute approximate surface area is 108 Å². The number of hydrogen-bond acceptors (Lipinski definition) is 3. The third kappa shape index (κ3) is 3.62. The summed E-state index contributed by atoms with van der Waals surface area (Å²) in [4.78, 5) is 24.7. The molecule has 1 fully saturated rings. The van der Waals surface area contributed by atoms with Crippen molar-refractivity contribution in [3.05, 3.63) is 0 Å². The highest BCUT2D eigenvalue weighted by molar-refractivity contribution is 5.72. The first-order valence-electron chi connectivity index (χ1n) is 6.32. The molecular weight excluding hydrogens is 234 g/mol. The van der Waals surface area contributed by atoms with Crippen LogP contribution in [0.4, 0.5) is 4.79 Å². The number of rotatable bonds is 1. The van der Waals surface area contributed by atoms with Gasteiger partial charge in [0.15, 0.2) is 0 Å². The molecule has 0 aromatic heterocycles. The number of carboxylic acids is 1. The Morgan fingerprint density at radius 1 is 1.17 bits per heavy atom. The summed E-state index contributed by atoms with van der Waals surface area (Å²) in [6.07, 6.45) is -0.356. The van der Waals surface area contributed by atoms with E-state index in [9.17, 15) is 9.59 Å². The summed E-state index contributed by atoms with van der Waals surface area (Å²) >= 11 is 0. The van der Waals surface area contributed by atoms with Crippen molar-refractivity contribution in [2.75, 3.05) is 13.1 Å². The third-order valence-electron chi connectivity index (χ3n) is 3.18. The zero-order valence-corrected chi connectivity index (χ0v) is 11.8. The SMILES string of the molecule is C[C@H]1CN(C(=O)OC(C)(C)C)C[C@H](C)C1C(=O)O. The zero-order chi connectivity index (χ0) is 14.1. The number of amides is 1. The Morgan fingerprint density at radius 2 is 1.61 bits per heavy atom. The van der Waals surface area contributed by atoms with Crippen LogP contribution in [0.5, 0.6) is 0 Å². The maximum absolute atomic E-state index is 11.9. The van der Waals surface area contributed by atoms with Crippen molar-refractivity contribution in [3.8, 4) is 0 Å². The Morgan fingerprint density at radius 3 is 1.94 bits per heavy atom. The fraction of sp³-hybridized carbons (Fsp3) is 0.846. The number of nitrogens with zero attached hydrogens (tertiary/aromatic N) is 1. The van der Waals surface area contributed by atoms with Crippen molar-refractivity contribution in [1.82, 2.24) is 4.90 Å². The van der Waals surface area contributed by atoms with Crippen molar-refractivity contribution in [2.24, 2.45) is 17.8 Å². The molecule has 0 aromatic carbocycles. The van der Waals surface area contributed by atoms with Gasteiger partial charge in [-0.1, -0.05) is 13.8 Å². The molecule has 1 aliphatic rings. The number of ether oxygens (including phenoxy) is 1. The second kappa shape index (κ2) is 5.16. The summed E-state index contributed by atoms with van der Waals surface area (Å²) in [6.45, 7) is 10.1. The van der Waals surface area contributed by atoms with E-state index in [2.05, 4.69) is 0 Å². The average molecular weight is 257 g/mol. The quantitative estimate of drug-likeness (QED) is 0.782. The van der Waals surface area contributed by atoms with Crippen molar-refractivity contribution in [1.29, 1.82) is 0 Å². The molecule has 104 valence electrons. The molecule has 0 saturated carbocycles. The lowest BCUT2D eigenvalue weighted by Gasteiger charge is -2.39. The van der Waals surface area contributed by atoms with Crippen molar-refractivity contribution in [2.45, 2.75) is 40.2 Å². The van der Waals surface area contributed by atoms with E-state index in [4.69, 9.17) is 9.84 Å². The van der Waals surface area contributed by atoms with E-state index >= 15 is 0 Å². The molecule has 1 aliphatic heterocycles. The van der Waals surface area contributed by atoms with Crippen molar-refractivity contribution >= 4 is 12.1 Å². The standard InChI is InChI=1S/C13H23NO4/c1-8-6-14(12(17)18-13(3,4)5)7-9(2)10(8)11(15)16/h8-10H,6-7H2,1-5H3,(H,15,16)/t8-,9-/m0/s1. The molecule has 1 rings (SSSR count). The van der Waals surface area contributed by atoms with Crippen LogP contribution in [0.2, 0.25) is 0 Å². The molecule has 0 spiro atoms. The summed E-state index contributed by atoms with van der Waals surface area (Å²) in [5.41, 5.74) is -0.521. The lowest BCUT2D eigenvalue weighted by Crippen LogP contribution is -2.50. The first-order valence-corrected chi connectivity index (χ1v) is 6.32. The van der Waals surface area contributed by atoms with Crippen LogP contribution in [0, 0.1) is 17.8 Å². The maximum atomic E-state index is 11.9. The Hall–Kier alpha value is -1.26. The van der Waals surface area contributed by atoms with Gasteiger partial charge < -0.3 is 14.7 Å². The fourth-order valence-electron chi connectivity index (χ4n) is 2.52. The highest BCUT2D eigenvalue weighted by atomic mass is 16.6. The lowest BCUT2D eigenvalue weighted by atomic mass is 9.80. The Bertz CT molecular complexity index is 322. The number of carbonyl (C=O) groups excluding carboxylic acids is 1. The van der Waals surface area contributed by atoms with Gasteiger partial charge >= 0.3 is 12.1 Å². The van der Waals surface area contributed by atoms with Gasteiger partial charge in [-0.15, -0.1) is 0 Å². The Kier molecular flexibility index (Phi) is 4.24. The summed E-state index contributed by atoms with van der Waals surface area (Å²) in [5.74, 6) is -1.28. The van der Waals surface area contributed by atoms with Crippen LogP contribution in [0.1, 0.15) is 34.6 Å². The minimum absolute atomic E-state index is 0.0567. The van der Waals surface area contributed by atoms with E-state index in [-0.39, 0.29) is 23.8 Å². The minimum atomic E-state index is -0.779. The molecule has 5 nitrogen and oxygen atoms in total. The molecular formula is C13H23NO4. The highest BCUT2D eigenvalue weighted by Crippen LogP contribution is 2.29. The summed E-state index contributed by atoms with van der Waals surface area (Å²) in [7, 11) is 0. The van der Waals surface area contributed by atoms with E-state index in [0.29, 0.717) is 13.1 Å². The number of carbonyl (C=O) groups is 2. The van der Waals surface area contributed by atoms with Gasteiger partial charge in [-0.2, -0.15) is 0 Å². The topological polar surface area (TPSA) is 66.8 Å². The zero-order valence-electron chi connectivity index (χ0n) is 11.8. The fourth-order valence-corrected chi connectivity index (χ4v) is 2.52. The van der Waals surface area contributed by atoms with Gasteiger partial charge in [0, 0.05) is 13.1 Å². The van der Waals surface area contributed by atoms with E-state index in [1.54, 1.807) is 4.90 Å². The first-order chi connectivity index (χ1) is 8.11. The van der Waals surface area contributed by atoms with Gasteiger partial charge in [0.1, 0.15) is 5.60 Å². The number of piperidine rings is 1. The first kappa shape index (κ1) is 14.8. The monoisotopic (exact) mass is 257 g/mol. The third-order valence-corrected chi connectivity index (χ3v) is 3.18. The second-order valence-corrected chi connectivity index (χ2v) is 6.20. The highest BCUT2D eigenvalue weighted by Gasteiger charge is 2.39. The number of hydrogen-bond donors (Lipinski definition) is 1.